The Balaban J connectivity index is 2.01. The minimum Gasteiger partial charge on any atom is -0.481 e. The summed E-state index contributed by atoms with van der Waals surface area (Å²) in [5, 5.41) is 3.55. The first kappa shape index (κ1) is 16.6. The maximum atomic E-state index is 11.9. The van der Waals surface area contributed by atoms with Crippen LogP contribution in [0.4, 0.5) is 5.69 Å². The summed E-state index contributed by atoms with van der Waals surface area (Å²) in [5.74, 6) is 0.0863. The topological polar surface area (TPSA) is 38.3 Å². The molecule has 1 amide bonds. The molecular formula is C14H9Br2Cl2NO2. The first-order valence-electron chi connectivity index (χ1n) is 5.79. The average molecular weight is 454 g/mol. The highest BCUT2D eigenvalue weighted by atomic mass is 79.9. The van der Waals surface area contributed by atoms with E-state index in [4.69, 9.17) is 27.9 Å². The largest absolute Gasteiger partial charge is 0.481 e. The van der Waals surface area contributed by atoms with Crippen LogP contribution in [0.2, 0.25) is 10.0 Å². The van der Waals surface area contributed by atoms with Crippen LogP contribution < -0.4 is 10.1 Å². The Morgan fingerprint density at radius 2 is 1.86 bits per heavy atom. The molecule has 0 saturated heterocycles. The van der Waals surface area contributed by atoms with E-state index in [1.165, 1.54) is 0 Å². The number of hydrogen-bond donors (Lipinski definition) is 1. The van der Waals surface area contributed by atoms with Gasteiger partial charge in [0.15, 0.2) is 12.4 Å². The zero-order valence-corrected chi connectivity index (χ0v) is 15.2. The van der Waals surface area contributed by atoms with Gasteiger partial charge in [0, 0.05) is 9.50 Å². The third-order valence-electron chi connectivity index (χ3n) is 2.46. The molecule has 1 N–H and O–H groups in total. The second-order valence-corrected chi connectivity index (χ2v) is 6.57. The molecule has 0 heterocycles. The van der Waals surface area contributed by atoms with Gasteiger partial charge in [-0.25, -0.2) is 0 Å². The number of hydrogen-bond acceptors (Lipinski definition) is 2. The van der Waals surface area contributed by atoms with Gasteiger partial charge in [0.05, 0.1) is 15.2 Å². The molecule has 0 spiro atoms. The molecule has 0 aliphatic heterocycles. The Morgan fingerprint density at radius 3 is 2.52 bits per heavy atom. The number of carbonyl (C=O) groups is 1. The summed E-state index contributed by atoms with van der Waals surface area (Å²) < 4.78 is 6.82. The van der Waals surface area contributed by atoms with Crippen LogP contribution in [0.15, 0.2) is 45.3 Å². The van der Waals surface area contributed by atoms with Gasteiger partial charge in [0.2, 0.25) is 0 Å². The number of para-hydroxylation sites is 1. The monoisotopic (exact) mass is 451 g/mol. The van der Waals surface area contributed by atoms with Gasteiger partial charge >= 0.3 is 0 Å². The lowest BCUT2D eigenvalue weighted by molar-refractivity contribution is -0.118. The lowest BCUT2D eigenvalue weighted by Gasteiger charge is -2.11. The van der Waals surface area contributed by atoms with Gasteiger partial charge in [0.25, 0.3) is 5.91 Å². The van der Waals surface area contributed by atoms with Crippen molar-refractivity contribution in [2.24, 2.45) is 0 Å². The Morgan fingerprint density at radius 1 is 1.14 bits per heavy atom. The number of benzene rings is 2. The number of nitrogens with one attached hydrogen (secondary N) is 1. The molecule has 3 nitrogen and oxygen atoms in total. The molecule has 21 heavy (non-hydrogen) atoms. The molecule has 0 unspecified atom stereocenters. The summed E-state index contributed by atoms with van der Waals surface area (Å²) in [6.45, 7) is -0.165. The number of anilines is 1. The predicted octanol–water partition coefficient (Wildman–Crippen LogP) is 5.54. The molecular weight excluding hydrogens is 445 g/mol. The van der Waals surface area contributed by atoms with Crippen molar-refractivity contribution >= 4 is 66.7 Å². The lowest BCUT2D eigenvalue weighted by Crippen LogP contribution is -2.20. The van der Waals surface area contributed by atoms with Gasteiger partial charge in [-0.1, -0.05) is 35.3 Å². The van der Waals surface area contributed by atoms with Gasteiger partial charge in [0.1, 0.15) is 0 Å². The highest BCUT2D eigenvalue weighted by Gasteiger charge is 2.12. The summed E-state index contributed by atoms with van der Waals surface area (Å²) >= 11 is 18.5. The molecule has 2 aromatic rings. The van der Waals surface area contributed by atoms with E-state index in [-0.39, 0.29) is 12.5 Å². The summed E-state index contributed by atoms with van der Waals surface area (Å²) in [5.41, 5.74) is 0.673. The van der Waals surface area contributed by atoms with E-state index in [9.17, 15) is 4.79 Å². The predicted molar refractivity (Wildman–Crippen MR) is 92.4 cm³/mol. The van der Waals surface area contributed by atoms with Crippen molar-refractivity contribution in [3.63, 3.8) is 0 Å². The summed E-state index contributed by atoms with van der Waals surface area (Å²) in [4.78, 5) is 11.9. The zero-order chi connectivity index (χ0) is 15.4. The Kier molecular flexibility index (Phi) is 5.93. The minimum absolute atomic E-state index is 0.165. The molecule has 2 aromatic carbocycles. The van der Waals surface area contributed by atoms with E-state index < -0.39 is 0 Å². The van der Waals surface area contributed by atoms with Gasteiger partial charge in [-0.3, -0.25) is 4.79 Å². The number of ether oxygens (including phenoxy) is 1. The summed E-state index contributed by atoms with van der Waals surface area (Å²) in [6, 6.07) is 10.5. The minimum atomic E-state index is -0.292. The molecule has 0 saturated carbocycles. The second kappa shape index (κ2) is 7.49. The number of rotatable bonds is 4. The Hall–Kier alpha value is -0.750. The molecule has 0 atom stereocenters. The van der Waals surface area contributed by atoms with Crippen LogP contribution in [0.3, 0.4) is 0 Å². The van der Waals surface area contributed by atoms with Gasteiger partial charge < -0.3 is 10.1 Å². The second-order valence-electron chi connectivity index (χ2n) is 4.02. The standard InChI is InChI=1S/C14H9Br2Cl2NO2/c15-9-3-1-2-4-12(9)19-13(20)7-21-14-10(16)5-8(17)6-11(14)18/h1-6H,7H2,(H,19,20). The van der Waals surface area contributed by atoms with Crippen molar-refractivity contribution in [3.8, 4) is 5.75 Å². The van der Waals surface area contributed by atoms with Crippen molar-refractivity contribution in [2.75, 3.05) is 11.9 Å². The van der Waals surface area contributed by atoms with E-state index >= 15 is 0 Å². The summed E-state index contributed by atoms with van der Waals surface area (Å²) in [7, 11) is 0. The maximum Gasteiger partial charge on any atom is 0.262 e. The van der Waals surface area contributed by atoms with Crippen LogP contribution in [0, 0.1) is 0 Å². The van der Waals surface area contributed by atoms with E-state index in [1.807, 2.05) is 18.2 Å². The van der Waals surface area contributed by atoms with Crippen LogP contribution in [0.5, 0.6) is 5.75 Å². The molecule has 0 bridgehead atoms. The van der Waals surface area contributed by atoms with Crippen molar-refractivity contribution in [3.05, 3.63) is 55.4 Å². The highest BCUT2D eigenvalue weighted by Crippen LogP contribution is 2.36. The van der Waals surface area contributed by atoms with E-state index in [2.05, 4.69) is 37.2 Å². The third kappa shape index (κ3) is 4.61. The van der Waals surface area contributed by atoms with Crippen LogP contribution >= 0.6 is 55.1 Å². The molecule has 0 aliphatic carbocycles. The Bertz CT molecular complexity index is 657. The fourth-order valence-corrected chi connectivity index (χ4v) is 3.31. The molecule has 0 aromatic heterocycles. The van der Waals surface area contributed by atoms with Gasteiger partial charge in [-0.15, -0.1) is 0 Å². The van der Waals surface area contributed by atoms with Crippen molar-refractivity contribution < 1.29 is 9.53 Å². The Labute approximate surface area is 148 Å². The normalized spacial score (nSPS) is 10.3. The van der Waals surface area contributed by atoms with E-state index in [0.29, 0.717) is 26.0 Å². The zero-order valence-electron chi connectivity index (χ0n) is 10.5. The van der Waals surface area contributed by atoms with Gasteiger partial charge in [-0.2, -0.15) is 0 Å². The molecule has 2 rings (SSSR count). The van der Waals surface area contributed by atoms with E-state index in [1.54, 1.807) is 18.2 Å². The molecule has 0 aliphatic rings. The SMILES string of the molecule is O=C(COc1c(Cl)cc(Cl)cc1Br)Nc1ccccc1Br. The number of carbonyl (C=O) groups excluding carboxylic acids is 1. The lowest BCUT2D eigenvalue weighted by atomic mass is 10.3. The van der Waals surface area contributed by atoms with Crippen molar-refractivity contribution in [1.29, 1.82) is 0 Å². The fraction of sp³-hybridized carbons (Fsp3) is 0.0714. The number of halogens is 4. The van der Waals surface area contributed by atoms with E-state index in [0.717, 1.165) is 4.47 Å². The first-order chi connectivity index (χ1) is 9.97. The van der Waals surface area contributed by atoms with Crippen molar-refractivity contribution in [1.82, 2.24) is 0 Å². The fourth-order valence-electron chi connectivity index (χ4n) is 1.55. The molecule has 7 heteroatoms. The smallest absolute Gasteiger partial charge is 0.262 e. The molecule has 0 radical (unpaired) electrons. The molecule has 0 fully saturated rings. The van der Waals surface area contributed by atoms with Crippen molar-refractivity contribution in [2.45, 2.75) is 0 Å². The van der Waals surface area contributed by atoms with Gasteiger partial charge in [-0.05, 0) is 56.1 Å². The average Bonchev–Trinajstić information content (AvgIpc) is 2.40. The van der Waals surface area contributed by atoms with Crippen LogP contribution in [0.1, 0.15) is 0 Å². The number of amides is 1. The maximum absolute atomic E-state index is 11.9. The first-order valence-corrected chi connectivity index (χ1v) is 8.13. The summed E-state index contributed by atoms with van der Waals surface area (Å²) in [6.07, 6.45) is 0. The highest BCUT2D eigenvalue weighted by molar-refractivity contribution is 9.11. The van der Waals surface area contributed by atoms with Crippen LogP contribution in [0.25, 0.3) is 0 Å². The quantitative estimate of drug-likeness (QED) is 0.660. The van der Waals surface area contributed by atoms with Crippen LogP contribution in [-0.4, -0.2) is 12.5 Å². The third-order valence-corrected chi connectivity index (χ3v) is 4.24. The molecule has 110 valence electrons. The van der Waals surface area contributed by atoms with Crippen LogP contribution in [-0.2, 0) is 4.79 Å².